The lowest BCUT2D eigenvalue weighted by molar-refractivity contribution is -0.361. The second kappa shape index (κ2) is 7.63. The van der Waals surface area contributed by atoms with Gasteiger partial charge in [0.2, 0.25) is 0 Å². The Balaban J connectivity index is 2.08. The predicted octanol–water partition coefficient (Wildman–Crippen LogP) is -5.40. The fourth-order valence-corrected chi connectivity index (χ4v) is 2.55. The van der Waals surface area contributed by atoms with Crippen LogP contribution >= 0.6 is 0 Å². The molecule has 2 aliphatic heterocycles. The van der Waals surface area contributed by atoms with E-state index in [2.05, 4.69) is 0 Å². The van der Waals surface area contributed by atoms with Gasteiger partial charge < -0.3 is 55.1 Å². The normalized spacial score (nSPS) is 51.7. The highest BCUT2D eigenvalue weighted by molar-refractivity contribution is 4.93. The molecule has 0 bridgehead atoms. The van der Waals surface area contributed by atoms with Crippen LogP contribution in [0.2, 0.25) is 0 Å². The molecule has 0 aromatic heterocycles. The van der Waals surface area contributed by atoms with E-state index in [0.717, 1.165) is 0 Å². The maximum atomic E-state index is 9.94. The number of hydrogen-bond donors (Lipinski definition) is 8. The molecule has 0 aromatic carbocycles. The summed E-state index contributed by atoms with van der Waals surface area (Å²) in [5.74, 6) is 0. The first-order chi connectivity index (χ1) is 10.8. The van der Waals surface area contributed by atoms with Crippen LogP contribution in [-0.2, 0) is 14.2 Å². The summed E-state index contributed by atoms with van der Waals surface area (Å²) in [6, 6.07) is 0. The average molecular weight is 342 g/mol. The molecule has 2 saturated heterocycles. The number of hydrogen-bond acceptors (Lipinski definition) is 11. The number of rotatable bonds is 4. The lowest BCUT2D eigenvalue weighted by Gasteiger charge is -2.44. The van der Waals surface area contributed by atoms with Crippen LogP contribution in [0.4, 0.5) is 0 Å². The quantitative estimate of drug-likeness (QED) is 0.243. The van der Waals surface area contributed by atoms with Crippen molar-refractivity contribution < 1.29 is 55.1 Å². The number of aliphatic hydroxyl groups excluding tert-OH is 8. The molecule has 11 nitrogen and oxygen atoms in total. The third-order valence-corrected chi connectivity index (χ3v) is 3.98. The van der Waals surface area contributed by atoms with Gasteiger partial charge in [0.05, 0.1) is 13.2 Å². The van der Waals surface area contributed by atoms with Gasteiger partial charge in [-0.25, -0.2) is 0 Å². The summed E-state index contributed by atoms with van der Waals surface area (Å²) in [5, 5.41) is 76.7. The Labute approximate surface area is 130 Å². The molecule has 0 aromatic rings. The second-order valence-electron chi connectivity index (χ2n) is 5.53. The minimum Gasteiger partial charge on any atom is -0.394 e. The van der Waals surface area contributed by atoms with Crippen molar-refractivity contribution in [2.45, 2.75) is 61.4 Å². The van der Waals surface area contributed by atoms with E-state index >= 15 is 0 Å². The molecule has 23 heavy (non-hydrogen) atoms. The molecule has 2 rings (SSSR count). The monoisotopic (exact) mass is 342 g/mol. The molecule has 0 unspecified atom stereocenters. The summed E-state index contributed by atoms with van der Waals surface area (Å²) in [4.78, 5) is 0. The molecule has 0 radical (unpaired) electrons. The highest BCUT2D eigenvalue weighted by Gasteiger charge is 2.50. The van der Waals surface area contributed by atoms with E-state index in [9.17, 15) is 30.6 Å². The topological polar surface area (TPSA) is 190 Å². The Morgan fingerprint density at radius 3 is 1.74 bits per heavy atom. The molecule has 0 amide bonds. The number of aliphatic hydroxyl groups is 8. The van der Waals surface area contributed by atoms with E-state index in [1.54, 1.807) is 0 Å². The van der Waals surface area contributed by atoms with Crippen LogP contribution in [0.1, 0.15) is 0 Å². The van der Waals surface area contributed by atoms with Crippen molar-refractivity contribution in [1.82, 2.24) is 0 Å². The molecule has 2 heterocycles. The average Bonchev–Trinajstić information content (AvgIpc) is 2.54. The van der Waals surface area contributed by atoms with Crippen molar-refractivity contribution in [3.05, 3.63) is 0 Å². The molecule has 8 N–H and O–H groups in total. The van der Waals surface area contributed by atoms with Crippen molar-refractivity contribution in [3.63, 3.8) is 0 Å². The lowest BCUT2D eigenvalue weighted by Crippen LogP contribution is -2.64. The second-order valence-corrected chi connectivity index (χ2v) is 5.53. The third kappa shape index (κ3) is 3.65. The Bertz CT molecular complexity index is 380. The van der Waals surface area contributed by atoms with Crippen LogP contribution in [-0.4, -0.2) is 115 Å². The van der Waals surface area contributed by atoms with E-state index in [1.807, 2.05) is 0 Å². The van der Waals surface area contributed by atoms with Gasteiger partial charge in [-0.15, -0.1) is 0 Å². The van der Waals surface area contributed by atoms with Gasteiger partial charge in [0.1, 0.15) is 48.8 Å². The fourth-order valence-electron chi connectivity index (χ4n) is 2.55. The molecule has 0 spiro atoms. The van der Waals surface area contributed by atoms with Crippen molar-refractivity contribution in [1.29, 1.82) is 0 Å². The van der Waals surface area contributed by atoms with E-state index in [1.165, 1.54) is 0 Å². The van der Waals surface area contributed by atoms with Crippen LogP contribution < -0.4 is 0 Å². The van der Waals surface area contributed by atoms with Crippen LogP contribution in [0.3, 0.4) is 0 Å². The van der Waals surface area contributed by atoms with Crippen LogP contribution in [0.5, 0.6) is 0 Å². The van der Waals surface area contributed by atoms with Crippen molar-refractivity contribution in [3.8, 4) is 0 Å². The van der Waals surface area contributed by atoms with E-state index in [4.69, 9.17) is 24.4 Å². The Morgan fingerprint density at radius 1 is 0.652 bits per heavy atom. The number of ether oxygens (including phenoxy) is 3. The highest BCUT2D eigenvalue weighted by atomic mass is 16.7. The Kier molecular flexibility index (Phi) is 6.27. The smallest absolute Gasteiger partial charge is 0.187 e. The van der Waals surface area contributed by atoms with Crippen LogP contribution in [0.25, 0.3) is 0 Å². The van der Waals surface area contributed by atoms with Crippen molar-refractivity contribution in [2.24, 2.45) is 0 Å². The maximum absolute atomic E-state index is 9.94. The lowest BCUT2D eigenvalue weighted by atomic mass is 9.97. The van der Waals surface area contributed by atoms with Crippen LogP contribution in [0.15, 0.2) is 0 Å². The van der Waals surface area contributed by atoms with Crippen LogP contribution in [0, 0.1) is 0 Å². The van der Waals surface area contributed by atoms with Gasteiger partial charge in [-0.1, -0.05) is 0 Å². The molecule has 11 heteroatoms. The summed E-state index contributed by atoms with van der Waals surface area (Å²) in [6.07, 6.45) is -15.6. The first-order valence-electron chi connectivity index (χ1n) is 7.08. The zero-order valence-corrected chi connectivity index (χ0v) is 12.0. The molecule has 2 fully saturated rings. The molecular formula is C12H22O11. The minimum atomic E-state index is -1.75. The Morgan fingerprint density at radius 2 is 1.17 bits per heavy atom. The summed E-state index contributed by atoms with van der Waals surface area (Å²) in [5.41, 5.74) is 0. The third-order valence-electron chi connectivity index (χ3n) is 3.98. The molecular weight excluding hydrogens is 320 g/mol. The molecule has 2 aliphatic rings. The zero-order chi connectivity index (χ0) is 17.3. The minimum absolute atomic E-state index is 0.651. The van der Waals surface area contributed by atoms with E-state index in [-0.39, 0.29) is 0 Å². The van der Waals surface area contributed by atoms with Crippen molar-refractivity contribution >= 4 is 0 Å². The molecule has 136 valence electrons. The van der Waals surface area contributed by atoms with Gasteiger partial charge in [-0.05, 0) is 0 Å². The molecule has 0 saturated carbocycles. The summed E-state index contributed by atoms with van der Waals surface area (Å²) >= 11 is 0. The summed E-state index contributed by atoms with van der Waals surface area (Å²) in [6.45, 7) is -1.33. The van der Waals surface area contributed by atoms with Gasteiger partial charge in [-0.2, -0.15) is 0 Å². The molecule has 10 atom stereocenters. The van der Waals surface area contributed by atoms with Gasteiger partial charge in [0.25, 0.3) is 0 Å². The summed E-state index contributed by atoms with van der Waals surface area (Å²) in [7, 11) is 0. The zero-order valence-electron chi connectivity index (χ0n) is 12.0. The Hall–Kier alpha value is -0.440. The SMILES string of the molecule is OC[C@@H]1O[C@@H](O[C@@H]2[C@H](O)[C@@H](O)[C@H](CO)O[C@H]2O)[C@H](O)[C@H](O)[C@H]1O. The van der Waals surface area contributed by atoms with Gasteiger partial charge in [0, 0.05) is 0 Å². The van der Waals surface area contributed by atoms with Gasteiger partial charge in [-0.3, -0.25) is 0 Å². The first kappa shape index (κ1) is 18.9. The standard InChI is InChI=1S/C12H22O11/c13-1-3-6(16)8(18)10(11(20)21-3)23-12-9(19)7(17)5(15)4(2-14)22-12/h3-20H,1-2H2/t3-,4-,5-,6-,7+,8+,9+,10+,11+,12-/m0/s1. The van der Waals surface area contributed by atoms with Crippen molar-refractivity contribution in [2.75, 3.05) is 13.2 Å². The largest absolute Gasteiger partial charge is 0.394 e. The first-order valence-corrected chi connectivity index (χ1v) is 7.08. The van der Waals surface area contributed by atoms with Gasteiger partial charge >= 0.3 is 0 Å². The fraction of sp³-hybridized carbons (Fsp3) is 1.00. The summed E-state index contributed by atoms with van der Waals surface area (Å²) < 4.78 is 15.1. The molecule has 0 aliphatic carbocycles. The highest BCUT2D eigenvalue weighted by Crippen LogP contribution is 2.28. The van der Waals surface area contributed by atoms with Gasteiger partial charge in [0.15, 0.2) is 12.6 Å². The predicted molar refractivity (Wildman–Crippen MR) is 68.6 cm³/mol. The maximum Gasteiger partial charge on any atom is 0.187 e. The van der Waals surface area contributed by atoms with E-state index < -0.39 is 74.6 Å². The van der Waals surface area contributed by atoms with E-state index in [0.29, 0.717) is 0 Å².